The Bertz CT molecular complexity index is 1070. The van der Waals surface area contributed by atoms with Crippen molar-refractivity contribution in [1.82, 2.24) is 26.6 Å². The van der Waals surface area contributed by atoms with Crippen molar-refractivity contribution in [3.05, 3.63) is 0 Å². The first-order chi connectivity index (χ1) is 19.2. The molecule has 41 heavy (non-hydrogen) atoms. The van der Waals surface area contributed by atoms with Gasteiger partial charge in [0.05, 0.1) is 25.1 Å². The van der Waals surface area contributed by atoms with Crippen LogP contribution in [-0.4, -0.2) is 117 Å². The van der Waals surface area contributed by atoms with E-state index < -0.39 is 96.8 Å². The molecular weight excluding hydrogens is 572 g/mol. The Morgan fingerprint density at radius 3 is 1.90 bits per heavy atom. The molecule has 1 saturated heterocycles. The minimum absolute atomic E-state index is 0.0539. The molecule has 0 aromatic rings. The Morgan fingerprint density at radius 2 is 1.37 bits per heavy atom. The van der Waals surface area contributed by atoms with E-state index in [4.69, 9.17) is 16.6 Å². The van der Waals surface area contributed by atoms with Gasteiger partial charge in [0, 0.05) is 12.3 Å². The second-order valence-electron chi connectivity index (χ2n) is 8.58. The van der Waals surface area contributed by atoms with Gasteiger partial charge in [-0.25, -0.2) is 4.79 Å². The number of hydrogen-bond acceptors (Lipinski definition) is 10. The quantitative estimate of drug-likeness (QED) is 0.0668. The van der Waals surface area contributed by atoms with E-state index in [2.05, 4.69) is 31.6 Å². The van der Waals surface area contributed by atoms with E-state index in [9.17, 15) is 48.6 Å². The molecule has 0 bridgehead atoms. The largest absolute Gasteiger partial charge is 0.481 e. The first-order valence-corrected chi connectivity index (χ1v) is 13.1. The molecule has 1 rings (SSSR count). The number of nitrogens with two attached hydrogens (primary N) is 2. The molecule has 0 spiro atoms. The van der Waals surface area contributed by atoms with Crippen LogP contribution in [0.1, 0.15) is 25.7 Å². The molecule has 1 fully saturated rings. The summed E-state index contributed by atoms with van der Waals surface area (Å²) in [5.41, 5.74) is 10.5. The van der Waals surface area contributed by atoms with Crippen LogP contribution in [0.4, 0.5) is 0 Å². The summed E-state index contributed by atoms with van der Waals surface area (Å²) in [6.45, 7) is -0.728. The number of nitrogens with zero attached hydrogens (tertiary/aromatic N) is 1. The van der Waals surface area contributed by atoms with Gasteiger partial charge in [-0.3, -0.25) is 38.6 Å². The van der Waals surface area contributed by atoms with E-state index in [0.717, 1.165) is 0 Å². The molecule has 1 aliphatic heterocycles. The third kappa shape index (κ3) is 13.8. The summed E-state index contributed by atoms with van der Waals surface area (Å²) in [6.07, 6.45) is -1.70. The topological polar surface area (TPSA) is 322 Å². The normalized spacial score (nSPS) is 23.3. The zero-order chi connectivity index (χ0) is 31.1. The average molecular weight is 605 g/mol. The summed E-state index contributed by atoms with van der Waals surface area (Å²) >= 11 is 0.710. The van der Waals surface area contributed by atoms with Gasteiger partial charge in [0.1, 0.15) is 24.2 Å². The number of nitrogens with one attached hydrogen (secondary N) is 5. The van der Waals surface area contributed by atoms with Crippen molar-refractivity contribution in [2.24, 2.45) is 16.5 Å². The van der Waals surface area contributed by atoms with Crippen LogP contribution >= 0.6 is 11.8 Å². The molecule has 0 saturated carbocycles. The SMILES string of the molecule is NC(N)=NCCC[C@@H]1NC(=O)[C@H](CC(=O)O)NC(=O)CSC[C@@H](C(=O)O)NC(=O)[C@H](CC(=O)O)NC(=O)CNC1=O. The lowest BCUT2D eigenvalue weighted by atomic mass is 10.1. The van der Waals surface area contributed by atoms with Crippen LogP contribution in [0.3, 0.4) is 0 Å². The van der Waals surface area contributed by atoms with Crippen LogP contribution in [0.2, 0.25) is 0 Å². The third-order valence-corrected chi connectivity index (χ3v) is 6.23. The summed E-state index contributed by atoms with van der Waals surface area (Å²) in [5, 5.41) is 38.6. The van der Waals surface area contributed by atoms with Gasteiger partial charge in [-0.15, -0.1) is 11.8 Å². The third-order valence-electron chi connectivity index (χ3n) is 5.19. The van der Waals surface area contributed by atoms with E-state index in [0.29, 0.717) is 11.8 Å². The summed E-state index contributed by atoms with van der Waals surface area (Å²) in [5.74, 6) is -10.5. The number of thioether (sulfide) groups is 1. The van der Waals surface area contributed by atoms with Crippen molar-refractivity contribution in [2.45, 2.75) is 49.9 Å². The number of rotatable bonds is 9. The number of aliphatic carboxylic acids is 3. The summed E-state index contributed by atoms with van der Waals surface area (Å²) in [6, 6.07) is -6.29. The number of amides is 5. The van der Waals surface area contributed by atoms with E-state index in [1.165, 1.54) is 0 Å². The maximum atomic E-state index is 12.9. The summed E-state index contributed by atoms with van der Waals surface area (Å²) in [7, 11) is 0. The molecule has 0 unspecified atom stereocenters. The molecule has 5 amide bonds. The van der Waals surface area contributed by atoms with Gasteiger partial charge in [-0.2, -0.15) is 0 Å². The summed E-state index contributed by atoms with van der Waals surface area (Å²) < 4.78 is 0. The molecule has 1 aliphatic rings. The highest BCUT2D eigenvalue weighted by molar-refractivity contribution is 8.00. The molecule has 4 atom stereocenters. The van der Waals surface area contributed by atoms with Gasteiger partial charge in [0.15, 0.2) is 5.96 Å². The van der Waals surface area contributed by atoms with E-state index in [1.54, 1.807) is 0 Å². The number of carboxylic acids is 3. The molecule has 0 aromatic carbocycles. The zero-order valence-corrected chi connectivity index (χ0v) is 22.4. The fraction of sp³-hybridized carbons (Fsp3) is 0.571. The van der Waals surface area contributed by atoms with Crippen LogP contribution in [0.5, 0.6) is 0 Å². The zero-order valence-electron chi connectivity index (χ0n) is 21.6. The van der Waals surface area contributed by atoms with Gasteiger partial charge in [-0.1, -0.05) is 0 Å². The molecule has 12 N–H and O–H groups in total. The first-order valence-electron chi connectivity index (χ1n) is 12.0. The highest BCUT2D eigenvalue weighted by Gasteiger charge is 2.31. The Morgan fingerprint density at radius 1 is 0.805 bits per heavy atom. The lowest BCUT2D eigenvalue weighted by molar-refractivity contribution is -0.143. The maximum absolute atomic E-state index is 12.9. The van der Waals surface area contributed by atoms with Crippen molar-refractivity contribution < 1.29 is 53.7 Å². The Hall–Kier alpha value is -4.62. The van der Waals surface area contributed by atoms with Gasteiger partial charge < -0.3 is 53.4 Å². The van der Waals surface area contributed by atoms with Gasteiger partial charge in [0.2, 0.25) is 29.5 Å². The van der Waals surface area contributed by atoms with E-state index in [-0.39, 0.29) is 31.1 Å². The lowest BCUT2D eigenvalue weighted by Gasteiger charge is -2.23. The standard InChI is InChI=1S/C21H32N8O11S/c22-21(23)24-3-1-2-9-17(36)25-6-13(30)26-10(4-15(32)33)19(38)29-12(20(39)40)7-41-8-14(31)27-11(5-16(34)35)18(37)28-9/h9-12H,1-8H2,(H,25,36)(H,26,30)(H,27,31)(H,28,37)(H,29,38)(H,32,33)(H,34,35)(H,39,40)(H4,22,23,24)/t9-,10-,11-,12-/m0/s1. The van der Waals surface area contributed by atoms with Crippen LogP contribution < -0.4 is 38.1 Å². The average Bonchev–Trinajstić information content (AvgIpc) is 2.86. The minimum atomic E-state index is -1.71. The Balaban J connectivity index is 3.27. The van der Waals surface area contributed by atoms with Crippen molar-refractivity contribution in [1.29, 1.82) is 0 Å². The van der Waals surface area contributed by atoms with Crippen molar-refractivity contribution >= 4 is 65.2 Å². The highest BCUT2D eigenvalue weighted by atomic mass is 32.2. The maximum Gasteiger partial charge on any atom is 0.327 e. The fourth-order valence-electron chi connectivity index (χ4n) is 3.30. The molecule has 1 heterocycles. The molecular formula is C21H32N8O11S. The van der Waals surface area contributed by atoms with Gasteiger partial charge in [0.25, 0.3) is 0 Å². The van der Waals surface area contributed by atoms with Crippen LogP contribution in [0.15, 0.2) is 4.99 Å². The second-order valence-corrected chi connectivity index (χ2v) is 9.61. The fourth-order valence-corrected chi connectivity index (χ4v) is 4.15. The minimum Gasteiger partial charge on any atom is -0.481 e. The van der Waals surface area contributed by atoms with Crippen molar-refractivity contribution in [2.75, 3.05) is 24.6 Å². The molecule has 0 aliphatic carbocycles. The van der Waals surface area contributed by atoms with Crippen LogP contribution in [0.25, 0.3) is 0 Å². The molecule has 0 aromatic heterocycles. The number of aliphatic imine (C=N–C) groups is 1. The predicted molar refractivity (Wildman–Crippen MR) is 140 cm³/mol. The van der Waals surface area contributed by atoms with Crippen molar-refractivity contribution in [3.8, 4) is 0 Å². The number of hydrogen-bond donors (Lipinski definition) is 10. The molecule has 0 radical (unpaired) electrons. The van der Waals surface area contributed by atoms with Crippen LogP contribution in [-0.2, 0) is 38.4 Å². The number of guanidine groups is 1. The number of carboxylic acid groups (broad SMARTS) is 3. The number of carbonyl (C=O) groups is 8. The van der Waals surface area contributed by atoms with Crippen LogP contribution in [0, 0.1) is 0 Å². The Labute approximate surface area is 236 Å². The molecule has 20 heteroatoms. The molecule has 19 nitrogen and oxygen atoms in total. The number of carbonyl (C=O) groups excluding carboxylic acids is 5. The smallest absolute Gasteiger partial charge is 0.327 e. The first kappa shape index (κ1) is 34.4. The lowest BCUT2D eigenvalue weighted by Crippen LogP contribution is -2.57. The van der Waals surface area contributed by atoms with Crippen molar-refractivity contribution in [3.63, 3.8) is 0 Å². The monoisotopic (exact) mass is 604 g/mol. The summed E-state index contributed by atoms with van der Waals surface area (Å²) in [4.78, 5) is 101. The van der Waals surface area contributed by atoms with Gasteiger partial charge >= 0.3 is 17.9 Å². The molecule has 228 valence electrons. The highest BCUT2D eigenvalue weighted by Crippen LogP contribution is 2.07. The van der Waals surface area contributed by atoms with E-state index in [1.807, 2.05) is 0 Å². The second kappa shape index (κ2) is 17.2. The Kier molecular flexibility index (Phi) is 14.4. The predicted octanol–water partition coefficient (Wildman–Crippen LogP) is -5.12. The van der Waals surface area contributed by atoms with E-state index >= 15 is 0 Å². The van der Waals surface area contributed by atoms with Gasteiger partial charge in [-0.05, 0) is 12.8 Å².